The van der Waals surface area contributed by atoms with Gasteiger partial charge in [0.05, 0.1) is 18.9 Å². The lowest BCUT2D eigenvalue weighted by molar-refractivity contribution is -0.374. The van der Waals surface area contributed by atoms with Crippen LogP contribution in [-0.4, -0.2) is 40.4 Å². The number of hydrogen-bond donors (Lipinski definition) is 0. The fraction of sp³-hybridized carbons (Fsp3) is 0.538. The summed E-state index contributed by atoms with van der Waals surface area (Å²) >= 11 is 0. The minimum absolute atomic E-state index is 0.701. The summed E-state index contributed by atoms with van der Waals surface area (Å²) in [5.41, 5.74) is 2.71. The molecule has 0 spiro atoms. The van der Waals surface area contributed by atoms with Crippen molar-refractivity contribution in [2.75, 3.05) is 50.2 Å². The lowest BCUT2D eigenvalue weighted by Crippen LogP contribution is -2.40. The lowest BCUT2D eigenvalue weighted by Gasteiger charge is -2.24. The van der Waals surface area contributed by atoms with E-state index in [-0.39, 0.29) is 0 Å². The third-order valence-electron chi connectivity index (χ3n) is 3.08. The van der Waals surface area contributed by atoms with Crippen LogP contribution in [0.2, 0.25) is 0 Å². The predicted molar refractivity (Wildman–Crippen MR) is 69.8 cm³/mol. The molecule has 0 atom stereocenters. The molecule has 2 heterocycles. The van der Waals surface area contributed by atoms with Crippen molar-refractivity contribution < 1.29 is 9.72 Å². The van der Waals surface area contributed by atoms with Gasteiger partial charge in [0.1, 0.15) is 24.9 Å². The van der Waals surface area contributed by atoms with Gasteiger partial charge in [0.2, 0.25) is 0 Å². The second-order valence-corrected chi connectivity index (χ2v) is 4.67. The molecule has 0 amide bonds. The quantitative estimate of drug-likeness (QED) is 0.767. The Morgan fingerprint density at radius 2 is 2.06 bits per heavy atom. The van der Waals surface area contributed by atoms with Gasteiger partial charge in [-0.05, 0) is 6.92 Å². The van der Waals surface area contributed by atoms with Gasteiger partial charge in [-0.3, -0.25) is 4.90 Å². The topological polar surface area (TPSA) is 53.6 Å². The summed E-state index contributed by atoms with van der Waals surface area (Å²) in [5, 5.41) is 9.42. The van der Waals surface area contributed by atoms with Crippen molar-refractivity contribution >= 4 is 11.5 Å². The zero-order valence-corrected chi connectivity index (χ0v) is 11.2. The molecule has 5 nitrogen and oxygen atoms in total. The Hall–Kier alpha value is -1.80. The van der Waals surface area contributed by atoms with Crippen molar-refractivity contribution in [2.24, 2.45) is 0 Å². The number of morpholine rings is 1. The monoisotopic (exact) mass is 247 g/mol. The van der Waals surface area contributed by atoms with E-state index in [4.69, 9.17) is 4.74 Å². The van der Waals surface area contributed by atoms with Crippen LogP contribution >= 0.6 is 0 Å². The van der Waals surface area contributed by atoms with E-state index in [0.717, 1.165) is 30.3 Å². The average Bonchev–Trinajstić information content (AvgIpc) is 2.38. The summed E-state index contributed by atoms with van der Waals surface area (Å²) in [4.78, 5) is 7.47. The first-order chi connectivity index (χ1) is 8.63. The van der Waals surface area contributed by atoms with Crippen LogP contribution in [0, 0.1) is 18.3 Å². The van der Waals surface area contributed by atoms with Crippen molar-refractivity contribution in [1.29, 1.82) is 5.26 Å². The molecule has 1 N–H and O–H groups in total. The van der Waals surface area contributed by atoms with Gasteiger partial charge in [-0.25, -0.2) is 4.98 Å². The molecule has 0 radical (unpaired) electrons. The number of aromatic nitrogens is 1. The molecule has 5 heteroatoms. The lowest BCUT2D eigenvalue weighted by atomic mass is 10.1. The number of nitriles is 1. The van der Waals surface area contributed by atoms with E-state index >= 15 is 0 Å². The molecule has 2 rings (SSSR count). The molecule has 18 heavy (non-hydrogen) atoms. The van der Waals surface area contributed by atoms with E-state index in [0.29, 0.717) is 18.8 Å². The second kappa shape index (κ2) is 5.23. The van der Waals surface area contributed by atoms with Gasteiger partial charge in [0.25, 0.3) is 5.82 Å². The van der Waals surface area contributed by atoms with Crippen LogP contribution in [0.15, 0.2) is 6.07 Å². The number of ether oxygens (including phenoxy) is 1. The number of H-pyrrole nitrogens is 1. The molecule has 0 unspecified atom stereocenters. The molecule has 96 valence electrons. The van der Waals surface area contributed by atoms with Gasteiger partial charge in [-0.15, -0.1) is 0 Å². The third kappa shape index (κ3) is 2.39. The molecular weight excluding hydrogens is 228 g/mol. The van der Waals surface area contributed by atoms with Gasteiger partial charge in [-0.2, -0.15) is 5.26 Å². The SMILES string of the molecule is Cc1cc(N(C)C)c(C#N)c(N2CCOCC2)[nH+]1. The fourth-order valence-corrected chi connectivity index (χ4v) is 2.17. The number of aromatic amines is 1. The van der Waals surface area contributed by atoms with E-state index < -0.39 is 0 Å². The Balaban J connectivity index is 2.48. The van der Waals surface area contributed by atoms with Crippen LogP contribution in [0.3, 0.4) is 0 Å². The highest BCUT2D eigenvalue weighted by atomic mass is 16.5. The molecule has 0 aromatic carbocycles. The van der Waals surface area contributed by atoms with E-state index in [2.05, 4.69) is 16.0 Å². The Morgan fingerprint density at radius 1 is 1.39 bits per heavy atom. The van der Waals surface area contributed by atoms with Crippen LogP contribution in [0.5, 0.6) is 0 Å². The smallest absolute Gasteiger partial charge is 0.295 e. The van der Waals surface area contributed by atoms with Crippen LogP contribution in [0.25, 0.3) is 0 Å². The molecule has 1 aromatic rings. The van der Waals surface area contributed by atoms with Gasteiger partial charge < -0.3 is 9.64 Å². The zero-order valence-electron chi connectivity index (χ0n) is 11.2. The van der Waals surface area contributed by atoms with Crippen LogP contribution in [-0.2, 0) is 4.74 Å². The molecule has 0 bridgehead atoms. The highest BCUT2D eigenvalue weighted by Crippen LogP contribution is 2.25. The summed E-state index contributed by atoms with van der Waals surface area (Å²) < 4.78 is 5.35. The highest BCUT2D eigenvalue weighted by molar-refractivity contribution is 5.67. The normalized spacial score (nSPS) is 15.3. The first-order valence-corrected chi connectivity index (χ1v) is 6.10. The molecule has 1 fully saturated rings. The molecule has 1 saturated heterocycles. The number of hydrogen-bond acceptors (Lipinski definition) is 4. The Kier molecular flexibility index (Phi) is 3.68. The maximum Gasteiger partial charge on any atom is 0.295 e. The molecular formula is C13H19N4O+. The maximum absolute atomic E-state index is 9.42. The van der Waals surface area contributed by atoms with Crippen molar-refractivity contribution in [3.05, 3.63) is 17.3 Å². The molecule has 0 aliphatic carbocycles. The third-order valence-corrected chi connectivity index (χ3v) is 3.08. The van der Waals surface area contributed by atoms with Crippen LogP contribution < -0.4 is 14.8 Å². The minimum atomic E-state index is 0.701. The second-order valence-electron chi connectivity index (χ2n) is 4.67. The number of nitrogens with one attached hydrogen (secondary N) is 1. The zero-order chi connectivity index (χ0) is 13.1. The number of nitrogens with zero attached hydrogens (tertiary/aromatic N) is 3. The van der Waals surface area contributed by atoms with Gasteiger partial charge in [0.15, 0.2) is 5.56 Å². The van der Waals surface area contributed by atoms with Crippen molar-refractivity contribution in [2.45, 2.75) is 6.92 Å². The summed E-state index contributed by atoms with van der Waals surface area (Å²) in [6, 6.07) is 4.32. The molecule has 1 aliphatic rings. The number of rotatable bonds is 2. The standard InChI is InChI=1S/C13H18N4O/c1-10-8-12(16(2)3)11(9-14)13(15-10)17-4-6-18-7-5-17/h8H,4-7H2,1-3H3/p+1. The first-order valence-electron chi connectivity index (χ1n) is 6.10. The van der Waals surface area contributed by atoms with Crippen LogP contribution in [0.1, 0.15) is 11.3 Å². The maximum atomic E-state index is 9.42. The van der Waals surface area contributed by atoms with Gasteiger partial charge in [0, 0.05) is 20.2 Å². The Bertz CT molecular complexity index is 473. The van der Waals surface area contributed by atoms with E-state index in [1.54, 1.807) is 0 Å². The van der Waals surface area contributed by atoms with E-state index in [9.17, 15) is 5.26 Å². The van der Waals surface area contributed by atoms with Gasteiger partial charge >= 0.3 is 0 Å². The van der Waals surface area contributed by atoms with Crippen molar-refractivity contribution in [3.63, 3.8) is 0 Å². The van der Waals surface area contributed by atoms with Crippen molar-refractivity contribution in [1.82, 2.24) is 0 Å². The Labute approximate surface area is 108 Å². The van der Waals surface area contributed by atoms with Crippen LogP contribution in [0.4, 0.5) is 11.5 Å². The predicted octanol–water partition coefficient (Wildman–Crippen LogP) is 0.583. The van der Waals surface area contributed by atoms with Crippen molar-refractivity contribution in [3.8, 4) is 6.07 Å². The summed E-state index contributed by atoms with van der Waals surface area (Å²) in [5.74, 6) is 0.907. The minimum Gasteiger partial charge on any atom is -0.376 e. The number of aryl methyl sites for hydroxylation is 1. The summed E-state index contributed by atoms with van der Waals surface area (Å²) in [7, 11) is 3.91. The van der Waals surface area contributed by atoms with E-state index in [1.165, 1.54) is 0 Å². The number of anilines is 2. The Morgan fingerprint density at radius 3 is 2.61 bits per heavy atom. The van der Waals surface area contributed by atoms with E-state index in [1.807, 2.05) is 32.0 Å². The largest absolute Gasteiger partial charge is 0.376 e. The summed E-state index contributed by atoms with van der Waals surface area (Å²) in [6.07, 6.45) is 0. The molecule has 1 aromatic heterocycles. The highest BCUT2D eigenvalue weighted by Gasteiger charge is 2.26. The molecule has 1 aliphatic heterocycles. The summed E-state index contributed by atoms with van der Waals surface area (Å²) in [6.45, 7) is 5.08. The average molecular weight is 247 g/mol. The van der Waals surface area contributed by atoms with Gasteiger partial charge in [-0.1, -0.05) is 0 Å². The molecule has 0 saturated carbocycles. The number of pyridine rings is 1. The first kappa shape index (κ1) is 12.7. The fourth-order valence-electron chi connectivity index (χ4n) is 2.17.